The van der Waals surface area contributed by atoms with E-state index in [0.29, 0.717) is 6.04 Å². The van der Waals surface area contributed by atoms with Crippen LogP contribution in [-0.4, -0.2) is 24.3 Å². The van der Waals surface area contributed by atoms with Gasteiger partial charge < -0.3 is 10.4 Å². The van der Waals surface area contributed by atoms with Gasteiger partial charge >= 0.3 is 0 Å². The molecule has 0 aliphatic carbocycles. The fraction of sp³-hybridized carbons (Fsp3) is 1.00. The number of aliphatic hydroxyl groups excluding tert-OH is 1. The second-order valence-corrected chi connectivity index (χ2v) is 5.80. The van der Waals surface area contributed by atoms with E-state index < -0.39 is 0 Å². The Morgan fingerprint density at radius 3 is 2.19 bits per heavy atom. The third kappa shape index (κ3) is 8.12. The van der Waals surface area contributed by atoms with Gasteiger partial charge in [-0.3, -0.25) is 0 Å². The Bertz CT molecular complexity index is 151. The first-order chi connectivity index (χ1) is 7.52. The van der Waals surface area contributed by atoms with Gasteiger partial charge in [-0.25, -0.2) is 0 Å². The molecule has 98 valence electrons. The van der Waals surface area contributed by atoms with E-state index in [4.69, 9.17) is 5.11 Å². The van der Waals surface area contributed by atoms with Crippen molar-refractivity contribution in [2.45, 2.75) is 72.3 Å². The number of nitrogens with one attached hydrogen (secondary N) is 1. The highest BCUT2D eigenvalue weighted by atomic mass is 16.3. The molecule has 2 N–H and O–H groups in total. The van der Waals surface area contributed by atoms with E-state index >= 15 is 0 Å². The predicted octanol–water partition coefficient (Wildman–Crippen LogP) is 3.34. The number of aliphatic hydroxyl groups is 1. The van der Waals surface area contributed by atoms with Crippen molar-refractivity contribution in [2.24, 2.45) is 5.41 Å². The fourth-order valence-electron chi connectivity index (χ4n) is 1.98. The Morgan fingerprint density at radius 1 is 1.06 bits per heavy atom. The lowest BCUT2D eigenvalue weighted by atomic mass is 9.85. The Balaban J connectivity index is 3.61. The largest absolute Gasteiger partial charge is 0.396 e. The number of unbranched alkanes of at least 4 members (excludes halogenated alkanes) is 4. The third-order valence-electron chi connectivity index (χ3n) is 3.13. The lowest BCUT2D eigenvalue weighted by molar-refractivity contribution is 0.197. The van der Waals surface area contributed by atoms with Gasteiger partial charge in [-0.15, -0.1) is 0 Å². The topological polar surface area (TPSA) is 32.3 Å². The van der Waals surface area contributed by atoms with Crippen LogP contribution in [0, 0.1) is 5.41 Å². The van der Waals surface area contributed by atoms with Crippen LogP contribution in [0.15, 0.2) is 0 Å². The summed E-state index contributed by atoms with van der Waals surface area (Å²) < 4.78 is 0. The van der Waals surface area contributed by atoms with Crippen LogP contribution >= 0.6 is 0 Å². The van der Waals surface area contributed by atoms with Crippen LogP contribution in [0.2, 0.25) is 0 Å². The SMILES string of the molecule is CCCCCCCNC(CCO)C(C)(C)C. The van der Waals surface area contributed by atoms with Crippen LogP contribution in [0.25, 0.3) is 0 Å². The molecule has 2 nitrogen and oxygen atoms in total. The van der Waals surface area contributed by atoms with Crippen LogP contribution < -0.4 is 5.32 Å². The molecule has 0 aromatic heterocycles. The Labute approximate surface area is 102 Å². The first-order valence-corrected chi connectivity index (χ1v) is 6.86. The quantitative estimate of drug-likeness (QED) is 0.594. The average Bonchev–Trinajstić information content (AvgIpc) is 2.20. The molecule has 0 spiro atoms. The van der Waals surface area contributed by atoms with Gasteiger partial charge in [0.05, 0.1) is 0 Å². The molecule has 0 amide bonds. The zero-order valence-corrected chi connectivity index (χ0v) is 11.7. The summed E-state index contributed by atoms with van der Waals surface area (Å²) in [4.78, 5) is 0. The van der Waals surface area contributed by atoms with Gasteiger partial charge in [0.1, 0.15) is 0 Å². The Kier molecular flexibility index (Phi) is 8.96. The van der Waals surface area contributed by atoms with Crippen LogP contribution in [0.3, 0.4) is 0 Å². The molecule has 2 heteroatoms. The molecule has 1 unspecified atom stereocenters. The van der Waals surface area contributed by atoms with E-state index in [9.17, 15) is 0 Å². The maximum atomic E-state index is 9.03. The molecular formula is C14H31NO. The van der Waals surface area contributed by atoms with Crippen molar-refractivity contribution in [2.75, 3.05) is 13.2 Å². The summed E-state index contributed by atoms with van der Waals surface area (Å²) in [6, 6.07) is 0.434. The van der Waals surface area contributed by atoms with Crippen molar-refractivity contribution < 1.29 is 5.11 Å². The summed E-state index contributed by atoms with van der Waals surface area (Å²) in [5.74, 6) is 0. The highest BCUT2D eigenvalue weighted by Gasteiger charge is 2.22. The molecule has 16 heavy (non-hydrogen) atoms. The molecular weight excluding hydrogens is 198 g/mol. The van der Waals surface area contributed by atoms with Crippen LogP contribution in [0.4, 0.5) is 0 Å². The average molecular weight is 229 g/mol. The number of hydrogen-bond acceptors (Lipinski definition) is 2. The third-order valence-corrected chi connectivity index (χ3v) is 3.13. The second kappa shape index (κ2) is 9.00. The van der Waals surface area contributed by atoms with E-state index in [0.717, 1.165) is 13.0 Å². The summed E-state index contributed by atoms with van der Waals surface area (Å²) in [6.07, 6.45) is 7.48. The van der Waals surface area contributed by atoms with Crippen molar-refractivity contribution in [3.05, 3.63) is 0 Å². The van der Waals surface area contributed by atoms with Crippen LogP contribution in [0.1, 0.15) is 66.2 Å². The second-order valence-electron chi connectivity index (χ2n) is 5.80. The van der Waals surface area contributed by atoms with Crippen molar-refractivity contribution >= 4 is 0 Å². The van der Waals surface area contributed by atoms with Crippen molar-refractivity contribution in [1.29, 1.82) is 0 Å². The monoisotopic (exact) mass is 229 g/mol. The first kappa shape index (κ1) is 15.9. The number of hydrogen-bond donors (Lipinski definition) is 2. The van der Waals surface area contributed by atoms with Crippen LogP contribution in [-0.2, 0) is 0 Å². The van der Waals surface area contributed by atoms with E-state index in [1.54, 1.807) is 0 Å². The highest BCUT2D eigenvalue weighted by molar-refractivity contribution is 4.79. The molecule has 0 aliphatic rings. The summed E-state index contributed by atoms with van der Waals surface area (Å²) in [5, 5.41) is 12.6. The van der Waals surface area contributed by atoms with E-state index in [1.165, 1.54) is 32.1 Å². The zero-order chi connectivity index (χ0) is 12.4. The van der Waals surface area contributed by atoms with Gasteiger partial charge in [-0.1, -0.05) is 53.4 Å². The minimum absolute atomic E-state index is 0.242. The smallest absolute Gasteiger partial charge is 0.0446 e. The molecule has 0 rings (SSSR count). The zero-order valence-electron chi connectivity index (χ0n) is 11.7. The Hall–Kier alpha value is -0.0800. The van der Waals surface area contributed by atoms with Crippen LogP contribution in [0.5, 0.6) is 0 Å². The van der Waals surface area contributed by atoms with E-state index in [-0.39, 0.29) is 12.0 Å². The van der Waals surface area contributed by atoms with Gasteiger partial charge in [-0.05, 0) is 24.8 Å². The van der Waals surface area contributed by atoms with Gasteiger partial charge in [0.25, 0.3) is 0 Å². The predicted molar refractivity (Wildman–Crippen MR) is 71.7 cm³/mol. The summed E-state index contributed by atoms with van der Waals surface area (Å²) >= 11 is 0. The maximum Gasteiger partial charge on any atom is 0.0446 e. The molecule has 0 aliphatic heterocycles. The van der Waals surface area contributed by atoms with Gasteiger partial charge in [-0.2, -0.15) is 0 Å². The molecule has 0 radical (unpaired) electrons. The van der Waals surface area contributed by atoms with E-state index in [1.807, 2.05) is 0 Å². The molecule has 0 fully saturated rings. The normalized spacial score (nSPS) is 14.1. The fourth-order valence-corrected chi connectivity index (χ4v) is 1.98. The lowest BCUT2D eigenvalue weighted by Crippen LogP contribution is -2.41. The Morgan fingerprint density at radius 2 is 1.69 bits per heavy atom. The lowest BCUT2D eigenvalue weighted by Gasteiger charge is -2.31. The summed E-state index contributed by atoms with van der Waals surface area (Å²) in [6.45, 7) is 10.3. The first-order valence-electron chi connectivity index (χ1n) is 6.86. The number of rotatable bonds is 9. The molecule has 0 bridgehead atoms. The molecule has 1 atom stereocenters. The molecule has 0 heterocycles. The molecule has 0 saturated heterocycles. The minimum atomic E-state index is 0.242. The van der Waals surface area contributed by atoms with E-state index in [2.05, 4.69) is 33.0 Å². The summed E-state index contributed by atoms with van der Waals surface area (Å²) in [7, 11) is 0. The maximum absolute atomic E-state index is 9.03. The van der Waals surface area contributed by atoms with Crippen molar-refractivity contribution in [3.63, 3.8) is 0 Å². The highest BCUT2D eigenvalue weighted by Crippen LogP contribution is 2.21. The minimum Gasteiger partial charge on any atom is -0.396 e. The van der Waals surface area contributed by atoms with Gasteiger partial charge in [0, 0.05) is 12.6 Å². The van der Waals surface area contributed by atoms with Crippen molar-refractivity contribution in [3.8, 4) is 0 Å². The van der Waals surface area contributed by atoms with Gasteiger partial charge in [0.15, 0.2) is 0 Å². The molecule has 0 saturated carbocycles. The standard InChI is InChI=1S/C14H31NO/c1-5-6-7-8-9-11-15-13(10-12-16)14(2,3)4/h13,15-16H,5-12H2,1-4H3. The summed E-state index contributed by atoms with van der Waals surface area (Å²) in [5.41, 5.74) is 0.242. The molecule has 0 aromatic carbocycles. The van der Waals surface area contributed by atoms with Gasteiger partial charge in [0.2, 0.25) is 0 Å². The van der Waals surface area contributed by atoms with Crippen molar-refractivity contribution in [1.82, 2.24) is 5.32 Å². The molecule has 0 aromatic rings.